The Balaban J connectivity index is -0.0000000200. The fourth-order valence-corrected chi connectivity index (χ4v) is 0. The molecule has 0 aromatic rings. The summed E-state index contributed by atoms with van der Waals surface area (Å²) in [7, 11) is 0. The molecule has 0 radical (unpaired) electrons. The maximum Gasteiger partial charge on any atom is 0.0587 e. The van der Waals surface area contributed by atoms with Gasteiger partial charge in [-0.1, -0.05) is 0 Å². The summed E-state index contributed by atoms with van der Waals surface area (Å²) in [4.78, 5) is 0. The average molecular weight is 78.1 g/mol. The number of nitriles is 1. The highest BCUT2D eigenvalue weighted by Crippen LogP contribution is 1.21. The van der Waals surface area contributed by atoms with E-state index in [2.05, 4.69) is 0 Å². The van der Waals surface area contributed by atoms with E-state index in [0.29, 0.717) is 0 Å². The number of halogens is 1. The average Bonchev–Trinajstić information content (AvgIpc) is 0.918. The van der Waals surface area contributed by atoms with Crippen molar-refractivity contribution in [3.05, 3.63) is 0 Å². The van der Waals surface area contributed by atoms with Crippen molar-refractivity contribution in [3.63, 3.8) is 0 Å². The molecule has 0 bridgehead atoms. The largest absolute Gasteiger partial charge is 0.344 e. The standard InChI is InChI=1S/C2H3N.FH.H3N/c1-2-3;;/h1H3;1H;1H3. The molecule has 0 spiro atoms. The summed E-state index contributed by atoms with van der Waals surface area (Å²) in [5.41, 5.74) is 0. The zero-order valence-corrected chi connectivity index (χ0v) is 3.06. The predicted molar refractivity (Wildman–Crippen MR) is 18.8 cm³/mol. The quantitative estimate of drug-likeness (QED) is 0.466. The molecule has 0 aliphatic heterocycles. The molecule has 0 aromatic heterocycles. The zero-order chi connectivity index (χ0) is 2.71. The molecule has 0 fully saturated rings. The van der Waals surface area contributed by atoms with Crippen LogP contribution in [0.5, 0.6) is 0 Å². The van der Waals surface area contributed by atoms with Crippen LogP contribution >= 0.6 is 0 Å². The lowest BCUT2D eigenvalue weighted by atomic mass is 11.0. The van der Waals surface area contributed by atoms with Gasteiger partial charge in [0.15, 0.2) is 0 Å². The molecule has 0 saturated carbocycles. The van der Waals surface area contributed by atoms with E-state index in [4.69, 9.17) is 5.26 Å². The molecule has 0 saturated heterocycles. The summed E-state index contributed by atoms with van der Waals surface area (Å²) in [5, 5.41) is 7.32. The Morgan fingerprint density at radius 3 is 1.60 bits per heavy atom. The van der Waals surface area contributed by atoms with Crippen molar-refractivity contribution in [2.45, 2.75) is 6.92 Å². The van der Waals surface area contributed by atoms with Crippen LogP contribution in [0.1, 0.15) is 6.92 Å². The van der Waals surface area contributed by atoms with Crippen molar-refractivity contribution in [2.24, 2.45) is 0 Å². The van der Waals surface area contributed by atoms with Gasteiger partial charge in [0.25, 0.3) is 0 Å². The first kappa shape index (κ1) is 26.3. The number of rotatable bonds is 0. The number of hydrogen-bond donors (Lipinski definition) is 1. The van der Waals surface area contributed by atoms with Gasteiger partial charge in [0.1, 0.15) is 0 Å². The second kappa shape index (κ2) is 133. The second-order valence-electron chi connectivity index (χ2n) is 0.224. The van der Waals surface area contributed by atoms with Gasteiger partial charge < -0.3 is 6.15 Å². The molecule has 0 aromatic carbocycles. The predicted octanol–water partition coefficient (Wildman–Crippen LogP) is 0.844. The van der Waals surface area contributed by atoms with Crippen LogP contribution in [0.3, 0.4) is 0 Å². The van der Waals surface area contributed by atoms with Crippen LogP contribution in [0.4, 0.5) is 4.70 Å². The third kappa shape index (κ3) is 16.7. The number of hydrogen-bond acceptors (Lipinski definition) is 2. The van der Waals surface area contributed by atoms with Gasteiger partial charge in [0.2, 0.25) is 0 Å². The summed E-state index contributed by atoms with van der Waals surface area (Å²) in [6, 6.07) is 1.75. The van der Waals surface area contributed by atoms with Crippen molar-refractivity contribution in [3.8, 4) is 6.07 Å². The molecular formula is C2H7FN2. The molecule has 0 aliphatic carbocycles. The van der Waals surface area contributed by atoms with E-state index in [9.17, 15) is 0 Å². The van der Waals surface area contributed by atoms with Crippen LogP contribution in [-0.4, -0.2) is 0 Å². The minimum atomic E-state index is 0. The van der Waals surface area contributed by atoms with Crippen LogP contribution in [0, 0.1) is 11.3 Å². The molecule has 0 amide bonds. The molecule has 0 unspecified atom stereocenters. The third-order valence-corrected chi connectivity index (χ3v) is 0. The first-order valence-electron chi connectivity index (χ1n) is 0.724. The van der Waals surface area contributed by atoms with E-state index < -0.39 is 0 Å². The van der Waals surface area contributed by atoms with Gasteiger partial charge in [0, 0.05) is 6.92 Å². The minimum Gasteiger partial charge on any atom is -0.344 e. The van der Waals surface area contributed by atoms with Crippen molar-refractivity contribution in [1.29, 1.82) is 5.26 Å². The van der Waals surface area contributed by atoms with Crippen LogP contribution in [-0.2, 0) is 0 Å². The zero-order valence-electron chi connectivity index (χ0n) is 3.06. The van der Waals surface area contributed by atoms with Crippen molar-refractivity contribution in [1.82, 2.24) is 6.15 Å². The lowest BCUT2D eigenvalue weighted by molar-refractivity contribution is 1.11. The van der Waals surface area contributed by atoms with Crippen LogP contribution < -0.4 is 6.15 Å². The summed E-state index contributed by atoms with van der Waals surface area (Å²) >= 11 is 0. The molecule has 0 aliphatic rings. The van der Waals surface area contributed by atoms with E-state index in [1.807, 2.05) is 0 Å². The maximum absolute atomic E-state index is 7.32. The highest BCUT2D eigenvalue weighted by atomic mass is 19.0. The Morgan fingerprint density at radius 2 is 1.60 bits per heavy atom. The van der Waals surface area contributed by atoms with Crippen LogP contribution in [0.2, 0.25) is 0 Å². The fourth-order valence-electron chi connectivity index (χ4n) is 0. The van der Waals surface area contributed by atoms with Gasteiger partial charge in [0.05, 0.1) is 6.07 Å². The first-order chi connectivity index (χ1) is 1.41. The summed E-state index contributed by atoms with van der Waals surface area (Å²) in [5.74, 6) is 0. The SMILES string of the molecule is CC#N.F.N. The highest BCUT2D eigenvalue weighted by molar-refractivity contribution is 4.51. The molecule has 0 rings (SSSR count). The highest BCUT2D eigenvalue weighted by Gasteiger charge is 1.17. The second-order valence-corrected chi connectivity index (χ2v) is 0.224. The van der Waals surface area contributed by atoms with Crippen molar-refractivity contribution in [2.75, 3.05) is 0 Å². The Hall–Kier alpha value is -0.620. The van der Waals surface area contributed by atoms with Gasteiger partial charge in [-0.05, 0) is 0 Å². The molecule has 2 nitrogen and oxygen atoms in total. The Morgan fingerprint density at radius 1 is 1.60 bits per heavy atom. The van der Waals surface area contributed by atoms with Gasteiger partial charge in [-0.15, -0.1) is 0 Å². The van der Waals surface area contributed by atoms with Crippen LogP contribution in [0.15, 0.2) is 0 Å². The van der Waals surface area contributed by atoms with Gasteiger partial charge in [-0.3, -0.25) is 4.70 Å². The van der Waals surface area contributed by atoms with Gasteiger partial charge in [-0.2, -0.15) is 5.26 Å². The molecule has 32 valence electrons. The molecule has 0 atom stereocenters. The Kier molecular flexibility index (Phi) is 697. The summed E-state index contributed by atoms with van der Waals surface area (Å²) < 4.78 is 0. The van der Waals surface area contributed by atoms with Gasteiger partial charge in [-0.25, -0.2) is 0 Å². The fraction of sp³-hybridized carbons (Fsp3) is 0.500. The molecule has 3 N–H and O–H groups in total. The number of nitrogens with zero attached hydrogens (tertiary/aromatic N) is 1. The van der Waals surface area contributed by atoms with Crippen molar-refractivity contribution < 1.29 is 4.70 Å². The normalized spacial score (nSPS) is 1.60. The topological polar surface area (TPSA) is 58.8 Å². The summed E-state index contributed by atoms with van der Waals surface area (Å²) in [6.45, 7) is 1.43. The van der Waals surface area contributed by atoms with E-state index in [1.165, 1.54) is 6.92 Å². The molecule has 3 heteroatoms. The third-order valence-electron chi connectivity index (χ3n) is 0. The summed E-state index contributed by atoms with van der Waals surface area (Å²) in [6.07, 6.45) is 0. The van der Waals surface area contributed by atoms with Gasteiger partial charge >= 0.3 is 0 Å². The Labute approximate surface area is 30.4 Å². The van der Waals surface area contributed by atoms with Crippen LogP contribution in [0.25, 0.3) is 0 Å². The lowest BCUT2D eigenvalue weighted by Gasteiger charge is -1.15. The lowest BCUT2D eigenvalue weighted by Crippen LogP contribution is -1.10. The van der Waals surface area contributed by atoms with E-state index >= 15 is 0 Å². The van der Waals surface area contributed by atoms with E-state index in [1.54, 1.807) is 6.07 Å². The maximum atomic E-state index is 7.32. The Bertz CT molecular complexity index is 29.1. The van der Waals surface area contributed by atoms with Crippen molar-refractivity contribution >= 4 is 0 Å². The molecular weight excluding hydrogens is 71.0 g/mol. The van der Waals surface area contributed by atoms with E-state index in [0.717, 1.165) is 0 Å². The minimum absolute atomic E-state index is 0. The smallest absolute Gasteiger partial charge is 0.0587 e. The monoisotopic (exact) mass is 78.1 g/mol. The molecule has 0 heterocycles. The molecule has 5 heavy (non-hydrogen) atoms. The first-order valence-corrected chi connectivity index (χ1v) is 0.724. The van der Waals surface area contributed by atoms with E-state index in [-0.39, 0.29) is 10.9 Å².